The molecule has 0 aromatic heterocycles. The van der Waals surface area contributed by atoms with E-state index in [-0.39, 0.29) is 25.2 Å². The molecule has 0 aliphatic heterocycles. The number of carboxylic acids is 1. The summed E-state index contributed by atoms with van der Waals surface area (Å²) >= 11 is 0. The lowest BCUT2D eigenvalue weighted by molar-refractivity contribution is -0.139. The van der Waals surface area contributed by atoms with Gasteiger partial charge < -0.3 is 10.8 Å². The minimum absolute atomic E-state index is 0.0382. The quantitative estimate of drug-likeness (QED) is 0.459. The number of hydrogen-bond donors (Lipinski definition) is 3. The number of carbonyl (C=O) groups is 3. The number of carboxylic acid groups (broad SMARTS) is 1. The van der Waals surface area contributed by atoms with Crippen LogP contribution in [0.1, 0.15) is 23.2 Å². The number of rotatable bonds is 8. The second-order valence-corrected chi connectivity index (χ2v) is 4.07. The Labute approximate surface area is 110 Å². The van der Waals surface area contributed by atoms with Crippen molar-refractivity contribution in [2.24, 2.45) is 5.73 Å². The smallest absolute Gasteiger partial charge is 0.320 e. The van der Waals surface area contributed by atoms with Gasteiger partial charge in [-0.05, 0) is 6.42 Å². The Morgan fingerprint density at radius 1 is 1.21 bits per heavy atom. The van der Waals surface area contributed by atoms with Crippen LogP contribution in [-0.4, -0.2) is 35.4 Å². The molecule has 19 heavy (non-hydrogen) atoms. The van der Waals surface area contributed by atoms with Crippen LogP contribution >= 0.6 is 0 Å². The zero-order valence-corrected chi connectivity index (χ0v) is 10.3. The Morgan fingerprint density at radius 3 is 2.37 bits per heavy atom. The summed E-state index contributed by atoms with van der Waals surface area (Å²) in [6.45, 7) is -0.0975. The second-order valence-electron chi connectivity index (χ2n) is 4.07. The van der Waals surface area contributed by atoms with Crippen LogP contribution in [0.2, 0.25) is 0 Å². The lowest BCUT2D eigenvalue weighted by atomic mass is 10.1. The molecule has 0 radical (unpaired) electrons. The fraction of sp³-hybridized carbons (Fsp3) is 0.308. The first kappa shape index (κ1) is 14.8. The third kappa shape index (κ3) is 5.31. The van der Waals surface area contributed by atoms with Gasteiger partial charge in [-0.1, -0.05) is 30.3 Å². The minimum Gasteiger partial charge on any atom is -0.480 e. The molecule has 0 aliphatic rings. The number of benzene rings is 1. The highest BCUT2D eigenvalue weighted by Gasteiger charge is 2.18. The van der Waals surface area contributed by atoms with E-state index in [0.717, 1.165) is 0 Å². The number of primary amides is 1. The summed E-state index contributed by atoms with van der Waals surface area (Å²) in [7, 11) is 0. The number of Topliss-reactive ketones (excluding diaryl/α,β-unsaturated/α-hetero) is 1. The van der Waals surface area contributed by atoms with Gasteiger partial charge in [-0.2, -0.15) is 0 Å². The number of ketones is 1. The van der Waals surface area contributed by atoms with Crippen LogP contribution in [0.25, 0.3) is 0 Å². The molecule has 1 unspecified atom stereocenters. The maximum absolute atomic E-state index is 11.8. The normalized spacial score (nSPS) is 11.8. The molecule has 6 heteroatoms. The van der Waals surface area contributed by atoms with Gasteiger partial charge in [0.15, 0.2) is 5.78 Å². The predicted octanol–water partition coefficient (Wildman–Crippen LogP) is 0.178. The standard InChI is InChI=1S/C13H16N2O4/c14-12(17)7-6-10(13(18)19)15-8-11(16)9-4-2-1-3-5-9/h1-5,10,15H,6-8H2,(H2,14,17)(H,18,19)/i14+1. The Kier molecular flexibility index (Phi) is 5.69. The van der Waals surface area contributed by atoms with Crippen LogP contribution in [0.3, 0.4) is 0 Å². The van der Waals surface area contributed by atoms with E-state index >= 15 is 0 Å². The number of carbonyl (C=O) groups excluding carboxylic acids is 2. The van der Waals surface area contributed by atoms with E-state index in [4.69, 9.17) is 10.8 Å². The van der Waals surface area contributed by atoms with Gasteiger partial charge in [-0.15, -0.1) is 0 Å². The molecule has 0 saturated heterocycles. The van der Waals surface area contributed by atoms with E-state index in [1.165, 1.54) is 0 Å². The monoisotopic (exact) mass is 265 g/mol. The third-order valence-electron chi connectivity index (χ3n) is 2.58. The molecular formula is C13H16N2O4. The Balaban J connectivity index is 2.50. The predicted molar refractivity (Wildman–Crippen MR) is 68.6 cm³/mol. The average Bonchev–Trinajstić information content (AvgIpc) is 2.38. The van der Waals surface area contributed by atoms with E-state index in [2.05, 4.69) is 5.32 Å². The molecule has 0 heterocycles. The first-order valence-electron chi connectivity index (χ1n) is 5.83. The van der Waals surface area contributed by atoms with E-state index in [9.17, 15) is 14.4 Å². The van der Waals surface area contributed by atoms with E-state index < -0.39 is 17.9 Å². The minimum atomic E-state index is -1.11. The van der Waals surface area contributed by atoms with Crippen LogP contribution in [0.5, 0.6) is 0 Å². The summed E-state index contributed by atoms with van der Waals surface area (Å²) in [6, 6.07) is 7.60. The van der Waals surface area contributed by atoms with Crippen molar-refractivity contribution in [2.45, 2.75) is 18.9 Å². The second kappa shape index (κ2) is 7.27. The zero-order valence-electron chi connectivity index (χ0n) is 10.3. The van der Waals surface area contributed by atoms with Crippen LogP contribution in [-0.2, 0) is 9.59 Å². The van der Waals surface area contributed by atoms with Crippen LogP contribution in [0.15, 0.2) is 30.3 Å². The molecule has 1 atom stereocenters. The molecule has 0 saturated carbocycles. The summed E-state index contributed by atoms with van der Waals surface area (Å²) in [5.41, 5.74) is 5.47. The van der Waals surface area contributed by atoms with Crippen LogP contribution in [0, 0.1) is 0 Å². The van der Waals surface area contributed by atoms with Crippen molar-refractivity contribution in [3.8, 4) is 0 Å². The lowest BCUT2D eigenvalue weighted by Crippen LogP contribution is -2.40. The van der Waals surface area contributed by atoms with Gasteiger partial charge in [0.25, 0.3) is 0 Å². The molecule has 0 spiro atoms. The molecule has 1 aromatic carbocycles. The van der Waals surface area contributed by atoms with Gasteiger partial charge in [-0.3, -0.25) is 19.7 Å². The molecule has 0 aliphatic carbocycles. The Hall–Kier alpha value is -2.21. The summed E-state index contributed by atoms with van der Waals surface area (Å²) in [5, 5.41) is 11.6. The molecule has 1 rings (SSSR count). The highest BCUT2D eigenvalue weighted by molar-refractivity contribution is 5.97. The molecule has 1 aromatic rings. The van der Waals surface area contributed by atoms with Crippen molar-refractivity contribution < 1.29 is 19.5 Å². The van der Waals surface area contributed by atoms with Crippen molar-refractivity contribution in [3.05, 3.63) is 35.9 Å². The highest BCUT2D eigenvalue weighted by atomic mass is 16.4. The Morgan fingerprint density at radius 2 is 1.84 bits per heavy atom. The average molecular weight is 265 g/mol. The molecule has 4 N–H and O–H groups in total. The summed E-state index contributed by atoms with van der Waals surface area (Å²) in [6.07, 6.45) is 0.0240. The summed E-state index contributed by atoms with van der Waals surface area (Å²) in [4.78, 5) is 33.3. The van der Waals surface area contributed by atoms with Crippen molar-refractivity contribution >= 4 is 17.7 Å². The van der Waals surface area contributed by atoms with Crippen molar-refractivity contribution in [1.29, 1.82) is 0 Å². The maximum atomic E-state index is 11.8. The Bertz CT molecular complexity index is 459. The van der Waals surface area contributed by atoms with Crippen molar-refractivity contribution in [1.82, 2.24) is 5.32 Å². The fourth-order valence-corrected chi connectivity index (χ4v) is 1.54. The summed E-state index contributed by atoms with van der Waals surface area (Å²) in [5.74, 6) is -1.88. The molecular weight excluding hydrogens is 249 g/mol. The van der Waals surface area contributed by atoms with Gasteiger partial charge in [0.05, 0.1) is 6.54 Å². The largest absolute Gasteiger partial charge is 0.480 e. The molecule has 0 bridgehead atoms. The molecule has 102 valence electrons. The van der Waals surface area contributed by atoms with Gasteiger partial charge in [0.2, 0.25) is 5.91 Å². The number of hydrogen-bond acceptors (Lipinski definition) is 4. The highest BCUT2D eigenvalue weighted by Crippen LogP contribution is 2.01. The van der Waals surface area contributed by atoms with Gasteiger partial charge in [0.1, 0.15) is 6.04 Å². The molecule has 1 amide bonds. The third-order valence-corrected chi connectivity index (χ3v) is 2.58. The molecule has 0 fully saturated rings. The van der Waals surface area contributed by atoms with Crippen LogP contribution in [0.4, 0.5) is 0 Å². The number of nitrogens with one attached hydrogen (secondary N) is 1. The summed E-state index contributed by atoms with van der Waals surface area (Å²) < 4.78 is 0. The van der Waals surface area contributed by atoms with Gasteiger partial charge in [0, 0.05) is 12.0 Å². The first-order valence-corrected chi connectivity index (χ1v) is 5.83. The number of aliphatic carboxylic acids is 1. The number of amides is 1. The van der Waals surface area contributed by atoms with Crippen molar-refractivity contribution in [2.75, 3.05) is 6.54 Å². The number of nitrogens with two attached hydrogens (primary N) is 1. The van der Waals surface area contributed by atoms with E-state index in [1.807, 2.05) is 0 Å². The van der Waals surface area contributed by atoms with Crippen LogP contribution < -0.4 is 11.1 Å². The van der Waals surface area contributed by atoms with Crippen molar-refractivity contribution in [3.63, 3.8) is 0 Å². The maximum Gasteiger partial charge on any atom is 0.320 e. The first-order chi connectivity index (χ1) is 9.00. The molecule has 6 nitrogen and oxygen atoms in total. The lowest BCUT2D eigenvalue weighted by Gasteiger charge is -2.12. The SMILES string of the molecule is [15NH2]C(=O)CCC(NCC(=O)c1ccccc1)C(=O)O. The van der Waals surface area contributed by atoms with E-state index in [0.29, 0.717) is 5.56 Å². The van der Waals surface area contributed by atoms with Gasteiger partial charge in [-0.25, -0.2) is 0 Å². The fourth-order valence-electron chi connectivity index (χ4n) is 1.54. The zero-order chi connectivity index (χ0) is 14.3. The van der Waals surface area contributed by atoms with Gasteiger partial charge >= 0.3 is 5.97 Å². The van der Waals surface area contributed by atoms with E-state index in [1.54, 1.807) is 30.3 Å². The topological polar surface area (TPSA) is 109 Å².